The van der Waals surface area contributed by atoms with Crippen LogP contribution >= 0.6 is 11.8 Å². The van der Waals surface area contributed by atoms with Gasteiger partial charge in [-0.25, -0.2) is 4.39 Å². The molecule has 1 heterocycles. The number of rotatable bonds is 4. The summed E-state index contributed by atoms with van der Waals surface area (Å²) in [7, 11) is 1.47. The molecule has 17 heavy (non-hydrogen) atoms. The Kier molecular flexibility index (Phi) is 4.25. The Balaban J connectivity index is 2.29. The summed E-state index contributed by atoms with van der Waals surface area (Å²) < 4.78 is 19.1. The molecule has 1 aliphatic rings. The van der Waals surface area contributed by atoms with Gasteiger partial charge in [0.1, 0.15) is 0 Å². The van der Waals surface area contributed by atoms with Gasteiger partial charge in [-0.2, -0.15) is 11.8 Å². The van der Waals surface area contributed by atoms with Gasteiger partial charge in [0, 0.05) is 5.56 Å². The number of halogens is 1. The van der Waals surface area contributed by atoms with Gasteiger partial charge >= 0.3 is 0 Å². The van der Waals surface area contributed by atoms with E-state index in [1.165, 1.54) is 7.11 Å². The molecule has 2 rings (SSSR count). The van der Waals surface area contributed by atoms with Gasteiger partial charge in [-0.3, -0.25) is 11.3 Å². The highest BCUT2D eigenvalue weighted by molar-refractivity contribution is 7.99. The minimum atomic E-state index is -0.310. The maximum atomic E-state index is 14.1. The van der Waals surface area contributed by atoms with Crippen LogP contribution in [0.4, 0.5) is 4.39 Å². The summed E-state index contributed by atoms with van der Waals surface area (Å²) in [6.45, 7) is 0. The number of benzene rings is 1. The predicted molar refractivity (Wildman–Crippen MR) is 68.4 cm³/mol. The van der Waals surface area contributed by atoms with Crippen molar-refractivity contribution in [3.8, 4) is 5.75 Å². The fourth-order valence-corrected chi connectivity index (χ4v) is 3.52. The number of hydrogen-bond donors (Lipinski definition) is 2. The second kappa shape index (κ2) is 5.71. The molecule has 1 aliphatic heterocycles. The van der Waals surface area contributed by atoms with Gasteiger partial charge in [0.05, 0.1) is 13.2 Å². The molecule has 94 valence electrons. The summed E-state index contributed by atoms with van der Waals surface area (Å²) >= 11 is 1.89. The number of ether oxygens (including phenoxy) is 1. The molecule has 3 nitrogen and oxygen atoms in total. The van der Waals surface area contributed by atoms with Crippen LogP contribution < -0.4 is 16.0 Å². The lowest BCUT2D eigenvalue weighted by Gasteiger charge is -2.23. The molecule has 0 spiro atoms. The van der Waals surface area contributed by atoms with E-state index in [0.29, 0.717) is 11.5 Å². The van der Waals surface area contributed by atoms with E-state index < -0.39 is 0 Å². The van der Waals surface area contributed by atoms with E-state index in [1.807, 2.05) is 11.8 Å². The molecule has 2 unspecified atom stereocenters. The summed E-state index contributed by atoms with van der Waals surface area (Å²) in [5.41, 5.74) is 3.34. The van der Waals surface area contributed by atoms with E-state index in [-0.39, 0.29) is 17.6 Å². The molecular formula is C12H17FN2OS. The largest absolute Gasteiger partial charge is 0.494 e. The fraction of sp³-hybridized carbons (Fsp3) is 0.500. The van der Waals surface area contributed by atoms with E-state index in [9.17, 15) is 4.39 Å². The van der Waals surface area contributed by atoms with Crippen molar-refractivity contribution in [1.29, 1.82) is 0 Å². The van der Waals surface area contributed by atoms with E-state index in [2.05, 4.69) is 5.43 Å². The predicted octanol–water partition coefficient (Wildman–Crippen LogP) is 2.09. The van der Waals surface area contributed by atoms with E-state index in [4.69, 9.17) is 10.6 Å². The Hall–Kier alpha value is -0.780. The number of nitrogens with two attached hydrogens (primary N) is 1. The molecule has 3 N–H and O–H groups in total. The molecule has 0 amide bonds. The Bertz CT molecular complexity index is 383. The summed E-state index contributed by atoms with van der Waals surface area (Å²) in [6.07, 6.45) is 1.07. The zero-order chi connectivity index (χ0) is 12.3. The van der Waals surface area contributed by atoms with Crippen molar-refractivity contribution >= 4 is 11.8 Å². The van der Waals surface area contributed by atoms with Crippen LogP contribution in [-0.2, 0) is 0 Å². The van der Waals surface area contributed by atoms with E-state index in [1.54, 1.807) is 18.2 Å². The van der Waals surface area contributed by atoms with Crippen molar-refractivity contribution in [1.82, 2.24) is 5.43 Å². The van der Waals surface area contributed by atoms with Crippen LogP contribution in [0, 0.1) is 11.7 Å². The van der Waals surface area contributed by atoms with Gasteiger partial charge in [0.25, 0.3) is 0 Å². The fourth-order valence-electron chi connectivity index (χ4n) is 2.22. The SMILES string of the molecule is COc1cccc(C(NN)C2CCSC2)c1F. The Morgan fingerprint density at radius 3 is 3.00 bits per heavy atom. The monoisotopic (exact) mass is 256 g/mol. The van der Waals surface area contributed by atoms with Gasteiger partial charge in [-0.05, 0) is 29.9 Å². The lowest BCUT2D eigenvalue weighted by Crippen LogP contribution is -2.34. The van der Waals surface area contributed by atoms with Crippen LogP contribution in [0.15, 0.2) is 18.2 Å². The smallest absolute Gasteiger partial charge is 0.169 e. The molecule has 1 aromatic carbocycles. The first-order valence-electron chi connectivity index (χ1n) is 5.64. The summed E-state index contributed by atoms with van der Waals surface area (Å²) in [5.74, 6) is 8.06. The van der Waals surface area contributed by atoms with E-state index in [0.717, 1.165) is 17.9 Å². The highest BCUT2D eigenvalue weighted by Crippen LogP contribution is 2.36. The summed E-state index contributed by atoms with van der Waals surface area (Å²) in [5, 5.41) is 0. The van der Waals surface area contributed by atoms with Crippen molar-refractivity contribution < 1.29 is 9.13 Å². The van der Waals surface area contributed by atoms with Crippen LogP contribution in [0.25, 0.3) is 0 Å². The van der Waals surface area contributed by atoms with Gasteiger partial charge in [0.15, 0.2) is 11.6 Å². The highest BCUT2D eigenvalue weighted by atomic mass is 32.2. The number of thioether (sulfide) groups is 1. The molecule has 2 atom stereocenters. The maximum absolute atomic E-state index is 14.1. The molecule has 0 saturated carbocycles. The lowest BCUT2D eigenvalue weighted by atomic mass is 9.92. The van der Waals surface area contributed by atoms with Crippen LogP contribution in [0.2, 0.25) is 0 Å². The third-order valence-corrected chi connectivity index (χ3v) is 4.35. The van der Waals surface area contributed by atoms with Gasteiger partial charge < -0.3 is 4.74 Å². The average molecular weight is 256 g/mol. The Morgan fingerprint density at radius 2 is 2.41 bits per heavy atom. The molecule has 0 bridgehead atoms. The molecule has 0 radical (unpaired) electrons. The summed E-state index contributed by atoms with van der Waals surface area (Å²) in [4.78, 5) is 0. The molecule has 0 aromatic heterocycles. The molecule has 1 fully saturated rings. The lowest BCUT2D eigenvalue weighted by molar-refractivity contribution is 0.359. The average Bonchev–Trinajstić information content (AvgIpc) is 2.86. The molecule has 1 saturated heterocycles. The van der Waals surface area contributed by atoms with Crippen LogP contribution in [0.3, 0.4) is 0 Å². The maximum Gasteiger partial charge on any atom is 0.169 e. The third kappa shape index (κ3) is 2.56. The van der Waals surface area contributed by atoms with Crippen LogP contribution in [-0.4, -0.2) is 18.6 Å². The minimum absolute atomic E-state index is 0.139. The van der Waals surface area contributed by atoms with Crippen LogP contribution in [0.1, 0.15) is 18.0 Å². The van der Waals surface area contributed by atoms with E-state index >= 15 is 0 Å². The van der Waals surface area contributed by atoms with Crippen molar-refractivity contribution in [2.45, 2.75) is 12.5 Å². The molecule has 1 aromatic rings. The van der Waals surface area contributed by atoms with Gasteiger partial charge in [-0.15, -0.1) is 0 Å². The highest BCUT2D eigenvalue weighted by Gasteiger charge is 2.28. The Morgan fingerprint density at radius 1 is 1.59 bits per heavy atom. The third-order valence-electron chi connectivity index (χ3n) is 3.16. The molecule has 5 heteroatoms. The van der Waals surface area contributed by atoms with Crippen molar-refractivity contribution in [3.63, 3.8) is 0 Å². The van der Waals surface area contributed by atoms with Crippen LogP contribution in [0.5, 0.6) is 5.75 Å². The Labute approximate surface area is 105 Å². The first-order valence-corrected chi connectivity index (χ1v) is 6.79. The molecule has 0 aliphatic carbocycles. The minimum Gasteiger partial charge on any atom is -0.494 e. The van der Waals surface area contributed by atoms with Gasteiger partial charge in [0.2, 0.25) is 0 Å². The quantitative estimate of drug-likeness (QED) is 0.639. The number of nitrogens with one attached hydrogen (secondary N) is 1. The zero-order valence-corrected chi connectivity index (χ0v) is 10.6. The van der Waals surface area contributed by atoms with Crippen molar-refractivity contribution in [2.75, 3.05) is 18.6 Å². The van der Waals surface area contributed by atoms with Crippen molar-refractivity contribution in [2.24, 2.45) is 11.8 Å². The van der Waals surface area contributed by atoms with Gasteiger partial charge in [-0.1, -0.05) is 12.1 Å². The number of hydrogen-bond acceptors (Lipinski definition) is 4. The second-order valence-electron chi connectivity index (χ2n) is 4.13. The first kappa shape index (κ1) is 12.7. The second-order valence-corrected chi connectivity index (χ2v) is 5.28. The van der Waals surface area contributed by atoms with Crippen molar-refractivity contribution in [3.05, 3.63) is 29.6 Å². The topological polar surface area (TPSA) is 47.3 Å². The molecular weight excluding hydrogens is 239 g/mol. The first-order chi connectivity index (χ1) is 8.27. The number of hydrazine groups is 1. The summed E-state index contributed by atoms with van der Waals surface area (Å²) in [6, 6.07) is 5.05. The number of methoxy groups -OCH3 is 1. The standard InChI is InChI=1S/C12H17FN2OS/c1-16-10-4-2-3-9(11(10)13)12(15-14)8-5-6-17-7-8/h2-4,8,12,15H,5-7,14H2,1H3. The zero-order valence-electron chi connectivity index (χ0n) is 9.78. The normalized spacial score (nSPS) is 21.5.